The van der Waals surface area contributed by atoms with E-state index in [1.165, 1.54) is 19.3 Å². The average Bonchev–Trinajstić information content (AvgIpc) is 2.38. The van der Waals surface area contributed by atoms with E-state index in [2.05, 4.69) is 13.8 Å². The summed E-state index contributed by atoms with van der Waals surface area (Å²) in [6, 6.07) is 0. The molecular weight excluding hydrogens is 120 g/mol. The molecule has 58 valence electrons. The zero-order valence-corrected chi connectivity index (χ0v) is 7.19. The lowest BCUT2D eigenvalue weighted by atomic mass is 9.54. The van der Waals surface area contributed by atoms with Crippen molar-refractivity contribution in [1.82, 2.24) is 0 Å². The lowest BCUT2D eigenvalue weighted by Gasteiger charge is -2.51. The minimum absolute atomic E-state index is 0.847. The Kier molecular flexibility index (Phi) is 1.33. The number of rotatable bonds is 0. The highest BCUT2D eigenvalue weighted by Crippen LogP contribution is 2.59. The standard InChI is InChI=1S/C10H18/c1-8-7-10(9(8)2)5-3-4-6-10/h8-9H,3-7H2,1-2H3. The van der Waals surface area contributed by atoms with Gasteiger partial charge in [-0.1, -0.05) is 26.7 Å². The van der Waals surface area contributed by atoms with Gasteiger partial charge in [-0.2, -0.15) is 0 Å². The van der Waals surface area contributed by atoms with Crippen LogP contribution in [0, 0.1) is 17.3 Å². The topological polar surface area (TPSA) is 0 Å². The first-order valence-electron chi connectivity index (χ1n) is 4.75. The first-order chi connectivity index (χ1) is 4.75. The van der Waals surface area contributed by atoms with Crippen molar-refractivity contribution in [3.05, 3.63) is 0 Å². The molecule has 0 radical (unpaired) electrons. The second-order valence-electron chi connectivity index (χ2n) is 4.54. The maximum absolute atomic E-state index is 2.46. The van der Waals surface area contributed by atoms with Gasteiger partial charge in [0.1, 0.15) is 0 Å². The molecule has 2 saturated carbocycles. The molecule has 2 aliphatic carbocycles. The van der Waals surface area contributed by atoms with Gasteiger partial charge in [-0.15, -0.1) is 0 Å². The van der Waals surface area contributed by atoms with Gasteiger partial charge in [0.25, 0.3) is 0 Å². The van der Waals surface area contributed by atoms with Crippen molar-refractivity contribution in [2.45, 2.75) is 46.0 Å². The molecule has 0 nitrogen and oxygen atoms in total. The molecule has 0 amide bonds. The summed E-state index contributed by atoms with van der Waals surface area (Å²) in [4.78, 5) is 0. The molecule has 2 rings (SSSR count). The fourth-order valence-electron chi connectivity index (χ4n) is 3.19. The second-order valence-corrected chi connectivity index (χ2v) is 4.54. The molecule has 0 aromatic heterocycles. The first-order valence-corrected chi connectivity index (χ1v) is 4.75. The third kappa shape index (κ3) is 0.681. The van der Waals surface area contributed by atoms with Crippen LogP contribution in [0.4, 0.5) is 0 Å². The Morgan fingerprint density at radius 3 is 2.10 bits per heavy atom. The highest BCUT2D eigenvalue weighted by molar-refractivity contribution is 4.99. The molecule has 10 heavy (non-hydrogen) atoms. The van der Waals surface area contributed by atoms with Gasteiger partial charge in [0.2, 0.25) is 0 Å². The van der Waals surface area contributed by atoms with Crippen LogP contribution < -0.4 is 0 Å². The van der Waals surface area contributed by atoms with E-state index in [9.17, 15) is 0 Å². The minimum atomic E-state index is 0.847. The van der Waals surface area contributed by atoms with Crippen molar-refractivity contribution in [2.75, 3.05) is 0 Å². The van der Waals surface area contributed by atoms with Gasteiger partial charge >= 0.3 is 0 Å². The van der Waals surface area contributed by atoms with Gasteiger partial charge in [0, 0.05) is 0 Å². The normalized spacial score (nSPS) is 43.8. The monoisotopic (exact) mass is 138 g/mol. The molecule has 2 fully saturated rings. The SMILES string of the molecule is CC1CC2(CCCC2)C1C. The van der Waals surface area contributed by atoms with E-state index in [0.717, 1.165) is 17.3 Å². The third-order valence-corrected chi connectivity index (χ3v) is 4.15. The van der Waals surface area contributed by atoms with Crippen LogP contribution in [0.5, 0.6) is 0 Å². The van der Waals surface area contributed by atoms with Crippen molar-refractivity contribution in [1.29, 1.82) is 0 Å². The maximum atomic E-state index is 2.46. The lowest BCUT2D eigenvalue weighted by Crippen LogP contribution is -2.42. The Labute approximate surface area is 64.0 Å². The summed E-state index contributed by atoms with van der Waals surface area (Å²) >= 11 is 0. The highest BCUT2D eigenvalue weighted by atomic mass is 14.5. The fraction of sp³-hybridized carbons (Fsp3) is 1.00. The lowest BCUT2D eigenvalue weighted by molar-refractivity contribution is -0.0145. The molecule has 0 aromatic rings. The number of hydrogen-bond acceptors (Lipinski definition) is 0. The van der Waals surface area contributed by atoms with E-state index in [4.69, 9.17) is 0 Å². The van der Waals surface area contributed by atoms with Gasteiger partial charge in [0.15, 0.2) is 0 Å². The molecule has 0 aliphatic heterocycles. The Morgan fingerprint density at radius 1 is 1.10 bits per heavy atom. The van der Waals surface area contributed by atoms with Crippen molar-refractivity contribution in [3.8, 4) is 0 Å². The summed E-state index contributed by atoms with van der Waals surface area (Å²) in [6.07, 6.45) is 7.64. The van der Waals surface area contributed by atoms with Crippen molar-refractivity contribution >= 4 is 0 Å². The van der Waals surface area contributed by atoms with Crippen LogP contribution in [0.2, 0.25) is 0 Å². The van der Waals surface area contributed by atoms with E-state index in [1.807, 2.05) is 0 Å². The van der Waals surface area contributed by atoms with Gasteiger partial charge < -0.3 is 0 Å². The maximum Gasteiger partial charge on any atom is -0.0267 e. The van der Waals surface area contributed by atoms with E-state index in [-0.39, 0.29) is 0 Å². The zero-order chi connectivity index (χ0) is 7.19. The van der Waals surface area contributed by atoms with Gasteiger partial charge in [0.05, 0.1) is 0 Å². The third-order valence-electron chi connectivity index (χ3n) is 4.15. The van der Waals surface area contributed by atoms with Crippen molar-refractivity contribution in [2.24, 2.45) is 17.3 Å². The van der Waals surface area contributed by atoms with Crippen molar-refractivity contribution < 1.29 is 0 Å². The molecule has 0 N–H and O–H groups in total. The summed E-state index contributed by atoms with van der Waals surface area (Å²) in [5, 5.41) is 0. The minimum Gasteiger partial charge on any atom is -0.0622 e. The molecule has 1 spiro atoms. The van der Waals surface area contributed by atoms with E-state index in [1.54, 1.807) is 12.8 Å². The molecular formula is C10H18. The van der Waals surface area contributed by atoms with Crippen LogP contribution in [0.25, 0.3) is 0 Å². The van der Waals surface area contributed by atoms with E-state index < -0.39 is 0 Å². The Morgan fingerprint density at radius 2 is 1.70 bits per heavy atom. The molecule has 0 heteroatoms. The molecule has 2 atom stereocenters. The first kappa shape index (κ1) is 6.69. The number of hydrogen-bond donors (Lipinski definition) is 0. The summed E-state index contributed by atoms with van der Waals surface area (Å²) in [7, 11) is 0. The smallest absolute Gasteiger partial charge is 0.0267 e. The summed E-state index contributed by atoms with van der Waals surface area (Å²) < 4.78 is 0. The molecule has 0 bridgehead atoms. The van der Waals surface area contributed by atoms with Crippen LogP contribution in [-0.2, 0) is 0 Å². The molecule has 2 unspecified atom stereocenters. The summed E-state index contributed by atoms with van der Waals surface area (Å²) in [5.41, 5.74) is 0.847. The van der Waals surface area contributed by atoms with E-state index >= 15 is 0 Å². The van der Waals surface area contributed by atoms with Gasteiger partial charge in [-0.25, -0.2) is 0 Å². The van der Waals surface area contributed by atoms with Crippen LogP contribution in [0.3, 0.4) is 0 Å². The Bertz CT molecular complexity index is 131. The zero-order valence-electron chi connectivity index (χ0n) is 7.19. The molecule has 0 saturated heterocycles. The van der Waals surface area contributed by atoms with E-state index in [0.29, 0.717) is 0 Å². The molecule has 0 heterocycles. The average molecular weight is 138 g/mol. The summed E-state index contributed by atoms with van der Waals surface area (Å²) in [6.45, 7) is 4.87. The molecule has 2 aliphatic rings. The summed E-state index contributed by atoms with van der Waals surface area (Å²) in [5.74, 6) is 2.06. The van der Waals surface area contributed by atoms with Crippen LogP contribution in [-0.4, -0.2) is 0 Å². The van der Waals surface area contributed by atoms with Crippen LogP contribution >= 0.6 is 0 Å². The Hall–Kier alpha value is 0. The molecule has 0 aromatic carbocycles. The van der Waals surface area contributed by atoms with Gasteiger partial charge in [-0.3, -0.25) is 0 Å². The second kappa shape index (κ2) is 1.99. The van der Waals surface area contributed by atoms with Crippen molar-refractivity contribution in [3.63, 3.8) is 0 Å². The Balaban J connectivity index is 2.05. The largest absolute Gasteiger partial charge is 0.0622 e. The van der Waals surface area contributed by atoms with Gasteiger partial charge in [-0.05, 0) is 36.5 Å². The fourth-order valence-corrected chi connectivity index (χ4v) is 3.19. The predicted octanol–water partition coefficient (Wildman–Crippen LogP) is 3.22. The quantitative estimate of drug-likeness (QED) is 0.482. The highest BCUT2D eigenvalue weighted by Gasteiger charge is 2.49. The van der Waals surface area contributed by atoms with Crippen LogP contribution in [0.1, 0.15) is 46.0 Å². The van der Waals surface area contributed by atoms with Crippen LogP contribution in [0.15, 0.2) is 0 Å². The predicted molar refractivity (Wildman–Crippen MR) is 43.8 cm³/mol.